The van der Waals surface area contributed by atoms with Crippen molar-refractivity contribution in [1.82, 2.24) is 0 Å². The van der Waals surface area contributed by atoms with Gasteiger partial charge < -0.3 is 0 Å². The average Bonchev–Trinajstić information content (AvgIpc) is 2.67. The summed E-state index contributed by atoms with van der Waals surface area (Å²) in [6.45, 7) is 0. The molecule has 2 aliphatic carbocycles. The Kier molecular flexibility index (Phi) is 9.67. The first kappa shape index (κ1) is 11.9. The van der Waals surface area contributed by atoms with Gasteiger partial charge in [-0.3, -0.25) is 0 Å². The molecule has 0 nitrogen and oxygen atoms in total. The Morgan fingerprint density at radius 1 is 0.273 bits per heavy atom. The fraction of sp³-hybridized carbons (Fsp3) is 1.00. The molecule has 1 heteroatoms. The van der Waals surface area contributed by atoms with Gasteiger partial charge in [0, 0.05) is 25.8 Å². The molecule has 0 aromatic rings. The Morgan fingerprint density at radius 3 is 0.455 bits per heavy atom. The molecule has 0 heterocycles. The zero-order valence-corrected chi connectivity index (χ0v) is 10.9. The second-order valence-electron chi connectivity index (χ2n) is 3.54. The first-order valence-corrected chi connectivity index (χ1v) is 5.00. The van der Waals surface area contributed by atoms with Crippen molar-refractivity contribution in [2.75, 3.05) is 0 Å². The van der Waals surface area contributed by atoms with Crippen molar-refractivity contribution < 1.29 is 0 Å². The van der Waals surface area contributed by atoms with Crippen LogP contribution >= 0.6 is 0 Å². The third-order valence-corrected chi connectivity index (χ3v) is 2.50. The second-order valence-corrected chi connectivity index (χ2v) is 3.54. The minimum absolute atomic E-state index is 0. The Balaban J connectivity index is 0.000000167. The summed E-state index contributed by atoms with van der Waals surface area (Å²) in [7, 11) is 0. The Bertz CT molecular complexity index is 38.1. The molecule has 0 bridgehead atoms. The molecule has 2 aliphatic rings. The summed E-state index contributed by atoms with van der Waals surface area (Å²) in [6, 6.07) is 0. The summed E-state index contributed by atoms with van der Waals surface area (Å²) in [6.07, 6.45) is 15.0. The summed E-state index contributed by atoms with van der Waals surface area (Å²) in [5.41, 5.74) is 0. The first-order chi connectivity index (χ1) is 5.00. The van der Waals surface area contributed by atoms with Gasteiger partial charge in [0.2, 0.25) is 0 Å². The van der Waals surface area contributed by atoms with Crippen LogP contribution in [0.1, 0.15) is 64.2 Å². The first-order valence-electron chi connectivity index (χ1n) is 5.00. The van der Waals surface area contributed by atoms with Gasteiger partial charge in [-0.05, 0) is 0 Å². The molecule has 2 saturated carbocycles. The molecule has 0 aromatic heterocycles. The molecule has 0 aliphatic heterocycles. The van der Waals surface area contributed by atoms with Crippen LogP contribution < -0.4 is 0 Å². The van der Waals surface area contributed by atoms with Gasteiger partial charge in [-0.25, -0.2) is 0 Å². The van der Waals surface area contributed by atoms with Gasteiger partial charge in [0.05, 0.1) is 0 Å². The maximum absolute atomic E-state index is 1.50. The van der Waals surface area contributed by atoms with Crippen molar-refractivity contribution in [2.45, 2.75) is 64.2 Å². The van der Waals surface area contributed by atoms with E-state index in [1.807, 2.05) is 0 Å². The van der Waals surface area contributed by atoms with Crippen LogP contribution in [0.15, 0.2) is 0 Å². The van der Waals surface area contributed by atoms with Crippen molar-refractivity contribution in [3.63, 3.8) is 0 Å². The van der Waals surface area contributed by atoms with Crippen molar-refractivity contribution in [2.24, 2.45) is 0 Å². The van der Waals surface area contributed by atoms with Crippen molar-refractivity contribution >= 4 is 25.8 Å². The predicted octanol–water partition coefficient (Wildman–Crippen LogP) is 3.52. The van der Waals surface area contributed by atoms with E-state index in [0.29, 0.717) is 0 Å². The van der Waals surface area contributed by atoms with Crippen LogP contribution in [0, 0.1) is 0 Å². The minimum Gasteiger partial charge on any atom is -0.0533 e. The van der Waals surface area contributed by atoms with Gasteiger partial charge in [0.1, 0.15) is 0 Å². The summed E-state index contributed by atoms with van der Waals surface area (Å²) < 4.78 is 0. The second kappa shape index (κ2) is 8.96. The zero-order chi connectivity index (χ0) is 7.07. The smallest absolute Gasteiger partial charge is 0 e. The molecule has 63 valence electrons. The molecule has 2 rings (SSSR count). The maximum Gasteiger partial charge on any atom is 0 e. The van der Waals surface area contributed by atoms with Gasteiger partial charge in [-0.15, -0.1) is 0 Å². The Morgan fingerprint density at radius 2 is 0.364 bits per heavy atom. The maximum atomic E-state index is 1.50. The molecule has 0 saturated heterocycles. The van der Waals surface area contributed by atoms with Crippen LogP contribution in [0.3, 0.4) is 0 Å². The topological polar surface area (TPSA) is 0 Å². The normalized spacial score (nSPS) is 21.8. The van der Waals surface area contributed by atoms with E-state index < -0.39 is 0 Å². The van der Waals surface area contributed by atoms with E-state index in [4.69, 9.17) is 0 Å². The molecule has 0 N–H and O–H groups in total. The van der Waals surface area contributed by atoms with Gasteiger partial charge in [0.15, 0.2) is 0 Å². The minimum atomic E-state index is 0. The van der Waals surface area contributed by atoms with Gasteiger partial charge in [-0.1, -0.05) is 64.2 Å². The monoisotopic (exact) mass is 255 g/mol. The number of rotatable bonds is 0. The van der Waals surface area contributed by atoms with Crippen molar-refractivity contribution in [3.05, 3.63) is 0 Å². The van der Waals surface area contributed by atoms with Crippen LogP contribution in [-0.2, 0) is 0 Å². The molecule has 0 atom stereocenters. The quantitative estimate of drug-likeness (QED) is 0.621. The Hall–Kier alpha value is 0.870. The Labute approximate surface area is 89.9 Å². The molecule has 0 aromatic carbocycles. The van der Waals surface area contributed by atoms with Crippen LogP contribution in [0.2, 0.25) is 0 Å². The molecular formula is C10H20In. The van der Waals surface area contributed by atoms with Gasteiger partial charge >= 0.3 is 0 Å². The van der Waals surface area contributed by atoms with E-state index in [1.54, 1.807) is 0 Å². The van der Waals surface area contributed by atoms with E-state index in [9.17, 15) is 0 Å². The number of hydrogen-bond acceptors (Lipinski definition) is 0. The SMILES string of the molecule is C1CCCC1.C1CCCC1.[In]. The summed E-state index contributed by atoms with van der Waals surface area (Å²) in [5, 5.41) is 0. The largest absolute Gasteiger partial charge is 0.0533 e. The van der Waals surface area contributed by atoms with Gasteiger partial charge in [0.25, 0.3) is 0 Å². The van der Waals surface area contributed by atoms with E-state index in [-0.39, 0.29) is 25.8 Å². The van der Waals surface area contributed by atoms with Crippen LogP contribution in [0.4, 0.5) is 0 Å². The van der Waals surface area contributed by atoms with E-state index in [1.165, 1.54) is 64.2 Å². The molecule has 0 spiro atoms. The molecule has 0 unspecified atom stereocenters. The van der Waals surface area contributed by atoms with E-state index >= 15 is 0 Å². The summed E-state index contributed by atoms with van der Waals surface area (Å²) in [4.78, 5) is 0. The van der Waals surface area contributed by atoms with Crippen LogP contribution in [-0.4, -0.2) is 25.8 Å². The third kappa shape index (κ3) is 7.24. The number of hydrogen-bond donors (Lipinski definition) is 0. The van der Waals surface area contributed by atoms with Crippen molar-refractivity contribution in [1.29, 1.82) is 0 Å². The average molecular weight is 255 g/mol. The molecule has 2 fully saturated rings. The molecule has 0 amide bonds. The van der Waals surface area contributed by atoms with E-state index in [0.717, 1.165) is 0 Å². The zero-order valence-electron chi connectivity index (χ0n) is 7.65. The molecular weight excluding hydrogens is 235 g/mol. The summed E-state index contributed by atoms with van der Waals surface area (Å²) >= 11 is 0. The van der Waals surface area contributed by atoms with Crippen LogP contribution in [0.25, 0.3) is 0 Å². The van der Waals surface area contributed by atoms with E-state index in [2.05, 4.69) is 0 Å². The predicted molar refractivity (Wildman–Crippen MR) is 51.9 cm³/mol. The molecule has 3 radical (unpaired) electrons. The molecule has 11 heavy (non-hydrogen) atoms. The summed E-state index contributed by atoms with van der Waals surface area (Å²) in [5.74, 6) is 0. The standard InChI is InChI=1S/2C5H10.In/c2*1-2-4-5-3-1;/h2*1-5H2;. The van der Waals surface area contributed by atoms with Crippen LogP contribution in [0.5, 0.6) is 0 Å². The fourth-order valence-corrected chi connectivity index (χ4v) is 1.77. The van der Waals surface area contributed by atoms with Crippen molar-refractivity contribution in [3.8, 4) is 0 Å². The van der Waals surface area contributed by atoms with Gasteiger partial charge in [-0.2, -0.15) is 0 Å². The third-order valence-electron chi connectivity index (χ3n) is 2.50. The fourth-order valence-electron chi connectivity index (χ4n) is 1.77.